The lowest BCUT2D eigenvalue weighted by Crippen LogP contribution is -2.20. The van der Waals surface area contributed by atoms with E-state index in [-0.39, 0.29) is 0 Å². The van der Waals surface area contributed by atoms with Crippen LogP contribution in [0.4, 0.5) is 11.6 Å². The molecule has 2 heterocycles. The molecule has 1 aliphatic heterocycles. The van der Waals surface area contributed by atoms with Crippen molar-refractivity contribution in [2.45, 2.75) is 45.6 Å². The average molecular weight is 264 g/mol. The van der Waals surface area contributed by atoms with Crippen molar-refractivity contribution >= 4 is 11.6 Å². The van der Waals surface area contributed by atoms with Gasteiger partial charge in [0.2, 0.25) is 0 Å². The highest BCUT2D eigenvalue weighted by Crippen LogP contribution is 2.16. The Morgan fingerprint density at radius 3 is 2.79 bits per heavy atom. The Morgan fingerprint density at radius 2 is 2.11 bits per heavy atom. The van der Waals surface area contributed by atoms with Crippen LogP contribution >= 0.6 is 0 Å². The normalized spacial score (nSPS) is 18.5. The van der Waals surface area contributed by atoms with Gasteiger partial charge in [0.1, 0.15) is 17.5 Å². The van der Waals surface area contributed by atoms with Gasteiger partial charge in [-0.3, -0.25) is 0 Å². The van der Waals surface area contributed by atoms with Crippen LogP contribution in [-0.4, -0.2) is 35.8 Å². The Balaban J connectivity index is 2.07. The number of nitrogens with zero attached hydrogens (tertiary/aromatic N) is 2. The van der Waals surface area contributed by atoms with Crippen LogP contribution in [0.25, 0.3) is 0 Å². The molecule has 1 fully saturated rings. The first-order valence-corrected chi connectivity index (χ1v) is 7.28. The Labute approximate surface area is 115 Å². The van der Waals surface area contributed by atoms with E-state index in [1.165, 1.54) is 0 Å². The number of nitrogens with one attached hydrogen (secondary N) is 2. The third-order valence-electron chi connectivity index (χ3n) is 3.08. The minimum Gasteiger partial charge on any atom is -0.379 e. The van der Waals surface area contributed by atoms with Crippen molar-refractivity contribution in [2.24, 2.45) is 0 Å². The third-order valence-corrected chi connectivity index (χ3v) is 3.08. The summed E-state index contributed by atoms with van der Waals surface area (Å²) in [6.07, 6.45) is 4.11. The van der Waals surface area contributed by atoms with Crippen LogP contribution in [0.15, 0.2) is 6.07 Å². The molecular weight excluding hydrogens is 240 g/mol. The maximum Gasteiger partial charge on any atom is 0.133 e. The highest BCUT2D eigenvalue weighted by Gasteiger charge is 2.16. The molecule has 0 bridgehead atoms. The zero-order valence-electron chi connectivity index (χ0n) is 11.9. The maximum atomic E-state index is 5.38. The summed E-state index contributed by atoms with van der Waals surface area (Å²) in [5.74, 6) is 2.74. The van der Waals surface area contributed by atoms with Crippen LogP contribution in [-0.2, 0) is 11.2 Å². The fourth-order valence-corrected chi connectivity index (χ4v) is 2.11. The molecule has 0 saturated carbocycles. The van der Waals surface area contributed by atoms with E-state index in [4.69, 9.17) is 4.74 Å². The van der Waals surface area contributed by atoms with Crippen LogP contribution in [0.1, 0.15) is 38.9 Å². The smallest absolute Gasteiger partial charge is 0.133 e. The predicted molar refractivity (Wildman–Crippen MR) is 77.7 cm³/mol. The predicted octanol–water partition coefficient (Wildman–Crippen LogP) is 2.45. The van der Waals surface area contributed by atoms with E-state index < -0.39 is 0 Å². The second-order valence-electron chi connectivity index (χ2n) is 4.94. The van der Waals surface area contributed by atoms with E-state index in [1.54, 1.807) is 0 Å². The lowest BCUT2D eigenvalue weighted by molar-refractivity contribution is 0.195. The summed E-state index contributed by atoms with van der Waals surface area (Å²) in [7, 11) is 0. The first-order chi connectivity index (χ1) is 9.31. The molecule has 1 unspecified atom stereocenters. The lowest BCUT2D eigenvalue weighted by Gasteiger charge is -2.14. The fraction of sp³-hybridized carbons (Fsp3) is 0.714. The molecule has 0 aliphatic carbocycles. The summed E-state index contributed by atoms with van der Waals surface area (Å²) >= 11 is 0. The van der Waals surface area contributed by atoms with Gasteiger partial charge in [0.05, 0.1) is 12.6 Å². The van der Waals surface area contributed by atoms with E-state index in [9.17, 15) is 0 Å². The molecule has 1 aliphatic rings. The van der Waals surface area contributed by atoms with Gasteiger partial charge < -0.3 is 15.4 Å². The first kappa shape index (κ1) is 14.1. The summed E-state index contributed by atoms with van der Waals surface area (Å²) in [5, 5.41) is 6.78. The van der Waals surface area contributed by atoms with Crippen LogP contribution in [0.2, 0.25) is 0 Å². The summed E-state index contributed by atoms with van der Waals surface area (Å²) in [6.45, 7) is 6.84. The van der Waals surface area contributed by atoms with E-state index >= 15 is 0 Å². The topological polar surface area (TPSA) is 59.1 Å². The minimum absolute atomic E-state index is 0.378. The van der Waals surface area contributed by atoms with E-state index in [0.29, 0.717) is 6.04 Å². The van der Waals surface area contributed by atoms with Gasteiger partial charge in [0.25, 0.3) is 0 Å². The molecule has 5 heteroatoms. The number of aromatic nitrogens is 2. The summed E-state index contributed by atoms with van der Waals surface area (Å²) in [6, 6.07) is 2.37. The van der Waals surface area contributed by atoms with Crippen LogP contribution in [0, 0.1) is 0 Å². The number of hydrogen-bond acceptors (Lipinski definition) is 5. The Bertz CT molecular complexity index is 391. The van der Waals surface area contributed by atoms with E-state index in [2.05, 4.69) is 34.4 Å². The second kappa shape index (κ2) is 7.28. The zero-order valence-corrected chi connectivity index (χ0v) is 11.9. The average Bonchev–Trinajstić information content (AvgIpc) is 2.89. The zero-order chi connectivity index (χ0) is 13.5. The quantitative estimate of drug-likeness (QED) is 0.792. The molecular formula is C14H24N4O. The standard InChI is InChI=1S/C14H24N4O/c1-3-5-12-17-13(15-7-4-2)9-14(18-12)16-11-6-8-19-10-11/h9,11H,3-8,10H2,1-2H3,(H2,15,16,17,18). The molecule has 1 atom stereocenters. The largest absolute Gasteiger partial charge is 0.379 e. The van der Waals surface area contributed by atoms with Crippen LogP contribution < -0.4 is 10.6 Å². The lowest BCUT2D eigenvalue weighted by atomic mass is 10.2. The van der Waals surface area contributed by atoms with Crippen molar-refractivity contribution in [3.63, 3.8) is 0 Å². The van der Waals surface area contributed by atoms with Gasteiger partial charge in [-0.25, -0.2) is 9.97 Å². The molecule has 19 heavy (non-hydrogen) atoms. The molecule has 2 N–H and O–H groups in total. The number of anilines is 2. The summed E-state index contributed by atoms with van der Waals surface area (Å²) < 4.78 is 5.38. The van der Waals surface area contributed by atoms with E-state index in [0.717, 1.165) is 62.9 Å². The van der Waals surface area contributed by atoms with Gasteiger partial charge in [0.15, 0.2) is 0 Å². The van der Waals surface area contributed by atoms with Crippen molar-refractivity contribution in [1.29, 1.82) is 0 Å². The number of ether oxygens (including phenoxy) is 1. The molecule has 0 aromatic carbocycles. The molecule has 1 aromatic rings. The molecule has 0 amide bonds. The molecule has 1 saturated heterocycles. The molecule has 0 radical (unpaired) electrons. The maximum absolute atomic E-state index is 5.38. The highest BCUT2D eigenvalue weighted by atomic mass is 16.5. The van der Waals surface area contributed by atoms with E-state index in [1.807, 2.05) is 6.07 Å². The molecule has 1 aromatic heterocycles. The highest BCUT2D eigenvalue weighted by molar-refractivity contribution is 5.48. The number of rotatable bonds is 7. The van der Waals surface area contributed by atoms with Gasteiger partial charge in [-0.1, -0.05) is 13.8 Å². The van der Waals surface area contributed by atoms with Crippen molar-refractivity contribution in [1.82, 2.24) is 9.97 Å². The Morgan fingerprint density at radius 1 is 1.26 bits per heavy atom. The third kappa shape index (κ3) is 4.35. The van der Waals surface area contributed by atoms with Crippen LogP contribution in [0.3, 0.4) is 0 Å². The van der Waals surface area contributed by atoms with Crippen molar-refractivity contribution in [3.8, 4) is 0 Å². The minimum atomic E-state index is 0.378. The van der Waals surface area contributed by atoms with Gasteiger partial charge >= 0.3 is 0 Å². The van der Waals surface area contributed by atoms with Crippen molar-refractivity contribution < 1.29 is 4.74 Å². The SMILES string of the molecule is CCCNc1cc(NC2CCOC2)nc(CCC)n1. The Hall–Kier alpha value is -1.36. The summed E-state index contributed by atoms with van der Waals surface area (Å²) in [5.41, 5.74) is 0. The van der Waals surface area contributed by atoms with Gasteiger partial charge in [-0.15, -0.1) is 0 Å². The van der Waals surface area contributed by atoms with Gasteiger partial charge in [-0.2, -0.15) is 0 Å². The molecule has 0 spiro atoms. The fourth-order valence-electron chi connectivity index (χ4n) is 2.11. The second-order valence-corrected chi connectivity index (χ2v) is 4.94. The first-order valence-electron chi connectivity index (χ1n) is 7.28. The monoisotopic (exact) mass is 264 g/mol. The molecule has 5 nitrogen and oxygen atoms in total. The number of hydrogen-bond donors (Lipinski definition) is 2. The van der Waals surface area contributed by atoms with Crippen LogP contribution in [0.5, 0.6) is 0 Å². The molecule has 106 valence electrons. The number of aryl methyl sites for hydroxylation is 1. The summed E-state index contributed by atoms with van der Waals surface area (Å²) in [4.78, 5) is 9.12. The Kier molecular flexibility index (Phi) is 5.39. The molecule has 2 rings (SSSR count). The van der Waals surface area contributed by atoms with Crippen molar-refractivity contribution in [2.75, 3.05) is 30.4 Å². The van der Waals surface area contributed by atoms with Crippen molar-refractivity contribution in [3.05, 3.63) is 11.9 Å². The van der Waals surface area contributed by atoms with Gasteiger partial charge in [0, 0.05) is 25.6 Å². The van der Waals surface area contributed by atoms with Gasteiger partial charge in [-0.05, 0) is 19.3 Å².